The molecule has 0 aliphatic carbocycles. The van der Waals surface area contributed by atoms with E-state index in [0.29, 0.717) is 58.1 Å². The molecule has 2 bridgehead atoms. The largest absolute Gasteiger partial charge is 0.494 e. The SMILES string of the molecule is CC(C)(C)OC(=O)N1C[C@H]2C[C@@H]1CN2C(=O)CO/N=C1/C(c2c(O)[nH]c3ccc(Cl)cc23)=Nc2ccccc21. The van der Waals surface area contributed by atoms with Gasteiger partial charge in [0, 0.05) is 34.6 Å². The number of halogens is 1. The minimum atomic E-state index is -0.571. The number of rotatable bonds is 4. The fraction of sp³-hybridized carbons (Fsp3) is 0.357. The van der Waals surface area contributed by atoms with E-state index in [1.54, 1.807) is 28.0 Å². The quantitative estimate of drug-likeness (QED) is 0.461. The number of fused-ring (bicyclic) bond motifs is 4. The van der Waals surface area contributed by atoms with Crippen LogP contribution in [0.2, 0.25) is 5.02 Å². The summed E-state index contributed by atoms with van der Waals surface area (Å²) in [5.41, 5.74) is 2.82. The Hall–Kier alpha value is -4.05. The number of aromatic amines is 1. The minimum Gasteiger partial charge on any atom is -0.494 e. The van der Waals surface area contributed by atoms with Gasteiger partial charge in [0.15, 0.2) is 12.5 Å². The van der Waals surface area contributed by atoms with Crippen LogP contribution in [0.1, 0.15) is 38.3 Å². The summed E-state index contributed by atoms with van der Waals surface area (Å²) in [6.45, 7) is 6.11. The Kier molecular flexibility index (Phi) is 6.02. The molecule has 4 heterocycles. The van der Waals surface area contributed by atoms with Crippen LogP contribution in [0.4, 0.5) is 10.5 Å². The summed E-state index contributed by atoms with van der Waals surface area (Å²) >= 11 is 6.23. The van der Waals surface area contributed by atoms with Crippen molar-refractivity contribution < 1.29 is 24.3 Å². The second-order valence-corrected chi connectivity index (χ2v) is 11.4. The predicted molar refractivity (Wildman–Crippen MR) is 147 cm³/mol. The maximum atomic E-state index is 13.0. The first kappa shape index (κ1) is 25.2. The molecule has 0 unspecified atom stereocenters. The standard InChI is InChI=1S/C28H28ClN5O5/c1-28(2,3)39-27(37)34-13-16-11-17(34)12-33(16)22(35)14-38-32-24-18-6-4-5-7-20(18)30-25(24)23-19-10-15(29)8-9-21(19)31-26(23)36/h4-10,16-17,31,36H,11-14H2,1-3H3/b32-24+/t16-,17-/m1/s1. The lowest BCUT2D eigenvalue weighted by atomic mass is 10.0. The number of nitrogens with zero attached hydrogens (tertiary/aromatic N) is 4. The van der Waals surface area contributed by atoms with Gasteiger partial charge in [0.25, 0.3) is 5.91 Å². The van der Waals surface area contributed by atoms with Gasteiger partial charge in [-0.3, -0.25) is 4.79 Å². The van der Waals surface area contributed by atoms with E-state index in [-0.39, 0.29) is 36.6 Å². The Balaban J connectivity index is 1.18. The molecule has 39 heavy (non-hydrogen) atoms. The Morgan fingerprint density at radius 1 is 1.15 bits per heavy atom. The van der Waals surface area contributed by atoms with Crippen molar-refractivity contribution in [3.05, 3.63) is 58.6 Å². The van der Waals surface area contributed by atoms with Crippen molar-refractivity contribution in [2.24, 2.45) is 10.1 Å². The molecule has 1 aromatic heterocycles. The summed E-state index contributed by atoms with van der Waals surface area (Å²) in [4.78, 5) is 42.3. The van der Waals surface area contributed by atoms with Crippen LogP contribution in [0.3, 0.4) is 0 Å². The number of hydrogen-bond acceptors (Lipinski definition) is 7. The molecule has 2 aromatic carbocycles. The fourth-order valence-electron chi connectivity index (χ4n) is 5.48. The van der Waals surface area contributed by atoms with E-state index < -0.39 is 5.60 Å². The van der Waals surface area contributed by atoms with Gasteiger partial charge in [-0.15, -0.1) is 0 Å². The van der Waals surface area contributed by atoms with Gasteiger partial charge in [0.2, 0.25) is 0 Å². The monoisotopic (exact) mass is 549 g/mol. The first-order valence-electron chi connectivity index (χ1n) is 12.8. The zero-order chi connectivity index (χ0) is 27.5. The molecule has 11 heteroatoms. The molecule has 202 valence electrons. The molecule has 0 saturated carbocycles. The number of carbonyl (C=O) groups is 2. The van der Waals surface area contributed by atoms with E-state index in [4.69, 9.17) is 26.2 Å². The number of benzene rings is 2. The summed E-state index contributed by atoms with van der Waals surface area (Å²) in [7, 11) is 0. The zero-order valence-corrected chi connectivity index (χ0v) is 22.5. The van der Waals surface area contributed by atoms with Crippen molar-refractivity contribution in [1.29, 1.82) is 0 Å². The van der Waals surface area contributed by atoms with E-state index in [1.165, 1.54) is 0 Å². The molecule has 2 atom stereocenters. The Morgan fingerprint density at radius 3 is 2.64 bits per heavy atom. The van der Waals surface area contributed by atoms with E-state index in [2.05, 4.69) is 10.1 Å². The molecule has 6 rings (SSSR count). The third-order valence-corrected chi connectivity index (χ3v) is 7.36. The third-order valence-electron chi connectivity index (χ3n) is 7.13. The van der Waals surface area contributed by atoms with Crippen LogP contribution in [-0.2, 0) is 14.4 Å². The van der Waals surface area contributed by atoms with E-state index in [9.17, 15) is 14.7 Å². The molecule has 3 aromatic rings. The van der Waals surface area contributed by atoms with E-state index >= 15 is 0 Å². The average Bonchev–Trinajstić information content (AvgIpc) is 3.63. The predicted octanol–water partition coefficient (Wildman–Crippen LogP) is 4.60. The maximum Gasteiger partial charge on any atom is 0.410 e. The van der Waals surface area contributed by atoms with Crippen molar-refractivity contribution >= 4 is 51.6 Å². The zero-order valence-electron chi connectivity index (χ0n) is 21.8. The maximum absolute atomic E-state index is 13.0. The highest BCUT2D eigenvalue weighted by molar-refractivity contribution is 6.58. The van der Waals surface area contributed by atoms with Crippen molar-refractivity contribution in [3.8, 4) is 5.88 Å². The number of para-hydroxylation sites is 1. The summed E-state index contributed by atoms with van der Waals surface area (Å²) in [6, 6.07) is 12.5. The normalized spacial score (nSPS) is 21.0. The van der Waals surface area contributed by atoms with Crippen LogP contribution in [0.25, 0.3) is 10.9 Å². The molecule has 0 spiro atoms. The van der Waals surface area contributed by atoms with Gasteiger partial charge in [0.05, 0.1) is 23.3 Å². The van der Waals surface area contributed by atoms with Gasteiger partial charge in [-0.2, -0.15) is 0 Å². The fourth-order valence-corrected chi connectivity index (χ4v) is 5.65. The van der Waals surface area contributed by atoms with E-state index in [1.807, 2.05) is 45.0 Å². The number of aromatic hydroxyl groups is 1. The van der Waals surface area contributed by atoms with Crippen LogP contribution in [0, 0.1) is 0 Å². The van der Waals surface area contributed by atoms with Gasteiger partial charge < -0.3 is 29.5 Å². The molecular weight excluding hydrogens is 522 g/mol. The van der Waals surface area contributed by atoms with Crippen LogP contribution in [-0.4, -0.2) is 80.7 Å². The lowest BCUT2D eigenvalue weighted by molar-refractivity contribution is -0.138. The van der Waals surface area contributed by atoms with Crippen LogP contribution < -0.4 is 0 Å². The number of aliphatic imine (C=N–C) groups is 1. The summed E-state index contributed by atoms with van der Waals surface area (Å²) in [5, 5.41) is 16.3. The number of likely N-dealkylation sites (tertiary alicyclic amines) is 2. The number of piperazine rings is 1. The van der Waals surface area contributed by atoms with Gasteiger partial charge in [-0.25, -0.2) is 9.79 Å². The summed E-state index contributed by atoms with van der Waals surface area (Å²) in [6.07, 6.45) is 0.366. The Morgan fingerprint density at radius 2 is 1.90 bits per heavy atom. The molecule has 2 fully saturated rings. The number of amides is 2. The first-order chi connectivity index (χ1) is 18.6. The van der Waals surface area contributed by atoms with Gasteiger partial charge in [-0.05, 0) is 51.5 Å². The Labute approximate surface area is 229 Å². The van der Waals surface area contributed by atoms with Crippen LogP contribution in [0.15, 0.2) is 52.6 Å². The molecule has 3 aliphatic heterocycles. The highest BCUT2D eigenvalue weighted by Gasteiger charge is 2.48. The van der Waals surface area contributed by atoms with Gasteiger partial charge in [-0.1, -0.05) is 35.0 Å². The molecule has 0 radical (unpaired) electrons. The van der Waals surface area contributed by atoms with E-state index in [0.717, 1.165) is 5.56 Å². The average molecular weight is 550 g/mol. The molecule has 3 aliphatic rings. The number of aromatic nitrogens is 1. The van der Waals surface area contributed by atoms with Crippen molar-refractivity contribution in [1.82, 2.24) is 14.8 Å². The third kappa shape index (κ3) is 4.58. The smallest absolute Gasteiger partial charge is 0.410 e. The lowest BCUT2D eigenvalue weighted by Crippen LogP contribution is -2.52. The van der Waals surface area contributed by atoms with Crippen molar-refractivity contribution in [3.63, 3.8) is 0 Å². The topological polar surface area (TPSA) is 120 Å². The second-order valence-electron chi connectivity index (χ2n) is 11.0. The summed E-state index contributed by atoms with van der Waals surface area (Å²) in [5.74, 6) is -0.271. The molecule has 2 N–H and O–H groups in total. The minimum absolute atomic E-state index is 0.0646. The number of oxime groups is 1. The molecule has 10 nitrogen and oxygen atoms in total. The Bertz CT molecular complexity index is 1560. The van der Waals surface area contributed by atoms with Crippen molar-refractivity contribution in [2.45, 2.75) is 44.9 Å². The highest BCUT2D eigenvalue weighted by Crippen LogP contribution is 2.37. The van der Waals surface area contributed by atoms with Gasteiger partial charge in [0.1, 0.15) is 17.0 Å². The second kappa shape index (κ2) is 9.30. The van der Waals surface area contributed by atoms with Crippen LogP contribution in [0.5, 0.6) is 5.88 Å². The molecular formula is C28H28ClN5O5. The molecule has 2 saturated heterocycles. The number of nitrogens with one attached hydrogen (secondary N) is 1. The number of ether oxygens (including phenoxy) is 1. The number of hydrogen-bond donors (Lipinski definition) is 2. The number of carbonyl (C=O) groups excluding carboxylic acids is 2. The van der Waals surface area contributed by atoms with Gasteiger partial charge >= 0.3 is 6.09 Å². The van der Waals surface area contributed by atoms with Crippen LogP contribution >= 0.6 is 11.6 Å². The number of H-pyrrole nitrogens is 1. The highest BCUT2D eigenvalue weighted by atomic mass is 35.5. The van der Waals surface area contributed by atoms with Crippen molar-refractivity contribution in [2.75, 3.05) is 19.7 Å². The lowest BCUT2D eigenvalue weighted by Gasteiger charge is -2.35. The molecule has 2 amide bonds. The first-order valence-corrected chi connectivity index (χ1v) is 13.1. The summed E-state index contributed by atoms with van der Waals surface area (Å²) < 4.78 is 5.51.